The number of hydrogen-bond donors (Lipinski definition) is 1. The molecule has 1 aliphatic heterocycles. The highest BCUT2D eigenvalue weighted by atomic mass is 32.2. The summed E-state index contributed by atoms with van der Waals surface area (Å²) in [6.07, 6.45) is 1.13. The minimum Gasteiger partial charge on any atom is -0.370 e. The zero-order chi connectivity index (χ0) is 14.0. The molecule has 0 bridgehead atoms. The molecule has 106 valence electrons. The second kappa shape index (κ2) is 5.71. The van der Waals surface area contributed by atoms with E-state index in [0.717, 1.165) is 36.5 Å². The van der Waals surface area contributed by atoms with Crippen molar-refractivity contribution in [2.75, 3.05) is 23.7 Å². The lowest BCUT2D eigenvalue weighted by molar-refractivity contribution is 0.617. The molecule has 0 radical (unpaired) electrons. The maximum absolute atomic E-state index is 13.4. The first kappa shape index (κ1) is 14.7. The molecule has 0 saturated carbocycles. The van der Waals surface area contributed by atoms with Crippen LogP contribution in [-0.2, 0) is 0 Å². The molecule has 2 N–H and O–H groups in total. The van der Waals surface area contributed by atoms with E-state index in [2.05, 4.69) is 18.7 Å². The lowest BCUT2D eigenvalue weighted by Gasteiger charge is -2.27. The summed E-state index contributed by atoms with van der Waals surface area (Å²) in [5.41, 5.74) is 7.98. The van der Waals surface area contributed by atoms with Gasteiger partial charge in [0.2, 0.25) is 0 Å². The van der Waals surface area contributed by atoms with E-state index < -0.39 is 0 Å². The second-order valence-corrected chi connectivity index (χ2v) is 7.64. The summed E-state index contributed by atoms with van der Waals surface area (Å²) in [5.74, 6) is 0.892. The molecule has 1 aliphatic rings. The summed E-state index contributed by atoms with van der Waals surface area (Å²) in [7, 11) is 0. The Balaban J connectivity index is 2.26. The quantitative estimate of drug-likeness (QED) is 0.899. The number of thioether (sulfide) groups is 1. The van der Waals surface area contributed by atoms with E-state index in [4.69, 9.17) is 5.73 Å². The minimum atomic E-state index is -0.208. The Morgan fingerprint density at radius 2 is 2.11 bits per heavy atom. The third-order valence-corrected chi connectivity index (χ3v) is 5.03. The van der Waals surface area contributed by atoms with E-state index in [1.54, 1.807) is 6.07 Å². The number of hydrogen-bond acceptors (Lipinski definition) is 3. The van der Waals surface area contributed by atoms with E-state index in [9.17, 15) is 4.39 Å². The molecule has 1 aromatic carbocycles. The maximum Gasteiger partial charge on any atom is 0.123 e. The van der Waals surface area contributed by atoms with Crippen molar-refractivity contribution in [1.82, 2.24) is 0 Å². The Kier molecular flexibility index (Phi) is 4.41. The van der Waals surface area contributed by atoms with Gasteiger partial charge in [0, 0.05) is 35.3 Å². The highest BCUT2D eigenvalue weighted by Crippen LogP contribution is 2.34. The molecule has 0 spiro atoms. The molecule has 1 saturated heterocycles. The van der Waals surface area contributed by atoms with Crippen LogP contribution in [0.1, 0.15) is 38.8 Å². The smallest absolute Gasteiger partial charge is 0.123 e. The van der Waals surface area contributed by atoms with Crippen LogP contribution in [0.3, 0.4) is 0 Å². The monoisotopic (exact) mass is 282 g/mol. The average molecular weight is 282 g/mol. The molecule has 2 nitrogen and oxygen atoms in total. The molecule has 1 heterocycles. The topological polar surface area (TPSA) is 29.3 Å². The van der Waals surface area contributed by atoms with Crippen LogP contribution in [0.25, 0.3) is 0 Å². The fourth-order valence-electron chi connectivity index (χ4n) is 2.44. The van der Waals surface area contributed by atoms with Gasteiger partial charge in [-0.15, -0.1) is 0 Å². The first-order valence-corrected chi connectivity index (χ1v) is 7.81. The largest absolute Gasteiger partial charge is 0.370 e. The lowest BCUT2D eigenvalue weighted by atomic mass is 10.0. The van der Waals surface area contributed by atoms with E-state index in [0.29, 0.717) is 4.75 Å². The van der Waals surface area contributed by atoms with Crippen molar-refractivity contribution in [1.29, 1.82) is 0 Å². The molecule has 1 aromatic rings. The van der Waals surface area contributed by atoms with Crippen LogP contribution in [0.15, 0.2) is 18.2 Å². The number of benzene rings is 1. The molecular weight excluding hydrogens is 259 g/mol. The normalized spacial score (nSPS) is 21.0. The Bertz CT molecular complexity index is 446. The van der Waals surface area contributed by atoms with Crippen LogP contribution in [0.4, 0.5) is 10.1 Å². The third-order valence-electron chi connectivity index (χ3n) is 3.66. The fraction of sp³-hybridized carbons (Fsp3) is 0.600. The van der Waals surface area contributed by atoms with Crippen LogP contribution >= 0.6 is 11.8 Å². The van der Waals surface area contributed by atoms with Crippen molar-refractivity contribution in [2.45, 2.75) is 38.0 Å². The predicted molar refractivity (Wildman–Crippen MR) is 82.4 cm³/mol. The van der Waals surface area contributed by atoms with Gasteiger partial charge in [-0.1, -0.05) is 13.8 Å². The lowest BCUT2D eigenvalue weighted by Crippen LogP contribution is -2.28. The van der Waals surface area contributed by atoms with E-state index >= 15 is 0 Å². The van der Waals surface area contributed by atoms with Crippen molar-refractivity contribution in [3.05, 3.63) is 29.6 Å². The molecule has 1 atom stereocenters. The Morgan fingerprint density at radius 1 is 1.37 bits per heavy atom. The molecule has 2 rings (SSSR count). The molecular formula is C15H23FN2S. The minimum absolute atomic E-state index is 0.144. The van der Waals surface area contributed by atoms with Gasteiger partial charge >= 0.3 is 0 Å². The highest BCUT2D eigenvalue weighted by molar-refractivity contribution is 8.00. The van der Waals surface area contributed by atoms with Crippen molar-refractivity contribution in [3.63, 3.8) is 0 Å². The number of rotatable bonds is 2. The van der Waals surface area contributed by atoms with Crippen LogP contribution in [0, 0.1) is 5.82 Å². The summed E-state index contributed by atoms with van der Waals surface area (Å²) in [4.78, 5) is 2.35. The Hall–Kier alpha value is -0.740. The van der Waals surface area contributed by atoms with Crippen LogP contribution in [0.2, 0.25) is 0 Å². The van der Waals surface area contributed by atoms with Crippen molar-refractivity contribution >= 4 is 17.4 Å². The van der Waals surface area contributed by atoms with E-state index in [1.165, 1.54) is 6.07 Å². The molecule has 1 fully saturated rings. The van der Waals surface area contributed by atoms with Gasteiger partial charge in [-0.05, 0) is 37.1 Å². The van der Waals surface area contributed by atoms with Crippen LogP contribution in [-0.4, -0.2) is 23.6 Å². The molecule has 4 heteroatoms. The fourth-order valence-corrected chi connectivity index (χ4v) is 3.54. The van der Waals surface area contributed by atoms with Gasteiger partial charge in [-0.2, -0.15) is 11.8 Å². The summed E-state index contributed by atoms with van der Waals surface area (Å²) >= 11 is 2.01. The van der Waals surface area contributed by atoms with Crippen molar-refractivity contribution in [2.24, 2.45) is 5.73 Å². The van der Waals surface area contributed by atoms with E-state index in [-0.39, 0.29) is 11.9 Å². The van der Waals surface area contributed by atoms with Crippen LogP contribution in [0.5, 0.6) is 0 Å². The molecule has 0 aliphatic carbocycles. The Labute approximate surface area is 119 Å². The highest BCUT2D eigenvalue weighted by Gasteiger charge is 2.25. The van der Waals surface area contributed by atoms with Gasteiger partial charge in [0.15, 0.2) is 0 Å². The number of anilines is 1. The standard InChI is InChI=1S/C15H23FN2S/c1-11(17)13-10-12(16)4-5-14(13)18-7-6-15(2,3)19-9-8-18/h4-5,10-11H,6-9,17H2,1-3H3/t11-/m0/s1. The summed E-state index contributed by atoms with van der Waals surface area (Å²) in [6.45, 7) is 8.50. The van der Waals surface area contributed by atoms with Crippen molar-refractivity contribution < 1.29 is 4.39 Å². The molecule has 0 aromatic heterocycles. The van der Waals surface area contributed by atoms with Gasteiger partial charge in [0.1, 0.15) is 5.82 Å². The van der Waals surface area contributed by atoms with Gasteiger partial charge in [0.05, 0.1) is 0 Å². The van der Waals surface area contributed by atoms with Gasteiger partial charge < -0.3 is 10.6 Å². The first-order valence-electron chi connectivity index (χ1n) is 6.83. The van der Waals surface area contributed by atoms with Gasteiger partial charge in [0.25, 0.3) is 0 Å². The molecule has 0 amide bonds. The number of halogens is 1. The molecule has 0 unspecified atom stereocenters. The zero-order valence-corrected chi connectivity index (χ0v) is 12.8. The Morgan fingerprint density at radius 3 is 2.79 bits per heavy atom. The van der Waals surface area contributed by atoms with Crippen molar-refractivity contribution in [3.8, 4) is 0 Å². The predicted octanol–water partition coefficient (Wildman–Crippen LogP) is 3.57. The third kappa shape index (κ3) is 3.63. The van der Waals surface area contributed by atoms with Gasteiger partial charge in [-0.25, -0.2) is 4.39 Å². The zero-order valence-electron chi connectivity index (χ0n) is 11.9. The number of nitrogens with two attached hydrogens (primary N) is 1. The molecule has 19 heavy (non-hydrogen) atoms. The first-order chi connectivity index (χ1) is 8.89. The second-order valence-electron chi connectivity index (χ2n) is 5.84. The maximum atomic E-state index is 13.4. The van der Waals surface area contributed by atoms with E-state index in [1.807, 2.05) is 24.8 Å². The summed E-state index contributed by atoms with van der Waals surface area (Å²) in [5, 5.41) is 0. The number of nitrogens with zero attached hydrogens (tertiary/aromatic N) is 1. The SMILES string of the molecule is C[C@H](N)c1cc(F)ccc1N1CCSC(C)(C)CC1. The van der Waals surface area contributed by atoms with Crippen LogP contribution < -0.4 is 10.6 Å². The van der Waals surface area contributed by atoms with Gasteiger partial charge in [-0.3, -0.25) is 0 Å². The summed E-state index contributed by atoms with van der Waals surface area (Å²) in [6, 6.07) is 4.83. The summed E-state index contributed by atoms with van der Waals surface area (Å²) < 4.78 is 13.7. The average Bonchev–Trinajstić information content (AvgIpc) is 2.50.